The van der Waals surface area contributed by atoms with Gasteiger partial charge in [-0.3, -0.25) is 4.79 Å². The third kappa shape index (κ3) is 3.68. The van der Waals surface area contributed by atoms with Gasteiger partial charge in [-0.25, -0.2) is 9.97 Å². The molecule has 2 aromatic rings. The van der Waals surface area contributed by atoms with Gasteiger partial charge >= 0.3 is 0 Å². The second-order valence-corrected chi connectivity index (χ2v) is 8.88. The third-order valence-corrected chi connectivity index (χ3v) is 6.31. The van der Waals surface area contributed by atoms with Crippen LogP contribution in [0.2, 0.25) is 0 Å². The number of nitrogens with zero attached hydrogens (tertiary/aromatic N) is 3. The zero-order chi connectivity index (χ0) is 20.6. The smallest absolute Gasteiger partial charge is 0.247 e. The minimum Gasteiger partial charge on any atom is -0.497 e. The Morgan fingerprint density at radius 2 is 2.00 bits per heavy atom. The highest BCUT2D eigenvalue weighted by molar-refractivity contribution is 5.88. The van der Waals surface area contributed by atoms with Crippen molar-refractivity contribution in [2.45, 2.75) is 57.4 Å². The van der Waals surface area contributed by atoms with Gasteiger partial charge in [0.25, 0.3) is 0 Å². The number of carbonyl (C=O) groups is 1. The summed E-state index contributed by atoms with van der Waals surface area (Å²) in [6, 6.07) is 7.68. The van der Waals surface area contributed by atoms with Gasteiger partial charge in [-0.1, -0.05) is 0 Å². The number of fused-ring (bicyclic) bond motifs is 2. The molecule has 1 amide bonds. The molecule has 1 aromatic carbocycles. The highest BCUT2D eigenvalue weighted by atomic mass is 16.5. The normalized spacial score (nSPS) is 21.2. The molecule has 4 rings (SSSR count). The van der Waals surface area contributed by atoms with Crippen LogP contribution in [0.15, 0.2) is 30.5 Å². The maximum atomic E-state index is 13.5. The lowest BCUT2D eigenvalue weighted by Crippen LogP contribution is -2.56. The average molecular weight is 395 g/mol. The number of methoxy groups -OCH3 is 1. The Balaban J connectivity index is 1.52. The molecule has 6 heteroatoms. The molecule has 1 fully saturated rings. The van der Waals surface area contributed by atoms with E-state index in [0.29, 0.717) is 0 Å². The van der Waals surface area contributed by atoms with Crippen LogP contribution in [-0.4, -0.2) is 46.5 Å². The number of nitrogens with one attached hydrogen (secondary N) is 1. The fraction of sp³-hybridized carbons (Fsp3) is 0.522. The number of likely N-dealkylation sites (tertiary alicyclic amines) is 1. The molecule has 2 heterocycles. The van der Waals surface area contributed by atoms with E-state index in [2.05, 4.69) is 10.3 Å². The highest BCUT2D eigenvalue weighted by Gasteiger charge is 2.46. The number of amides is 1. The molecule has 1 unspecified atom stereocenters. The van der Waals surface area contributed by atoms with Gasteiger partial charge in [0, 0.05) is 30.4 Å². The second-order valence-electron chi connectivity index (χ2n) is 8.88. The third-order valence-electron chi connectivity index (χ3n) is 6.31. The molecule has 0 bridgehead atoms. The highest BCUT2D eigenvalue weighted by Crippen LogP contribution is 2.44. The minimum atomic E-state index is -0.698. The summed E-state index contributed by atoms with van der Waals surface area (Å²) in [5.74, 6) is 1.75. The molecule has 1 atom stereocenters. The van der Waals surface area contributed by atoms with Crippen LogP contribution in [-0.2, 0) is 16.6 Å². The van der Waals surface area contributed by atoms with Crippen LogP contribution in [0, 0.1) is 6.92 Å². The van der Waals surface area contributed by atoms with Crippen molar-refractivity contribution in [2.75, 3.05) is 25.5 Å². The monoisotopic (exact) mass is 394 g/mol. The van der Waals surface area contributed by atoms with Gasteiger partial charge in [-0.15, -0.1) is 0 Å². The van der Waals surface area contributed by atoms with Crippen molar-refractivity contribution in [1.29, 1.82) is 0 Å². The first kappa shape index (κ1) is 19.7. The number of carbonyl (C=O) groups excluding carboxylic acids is 1. The van der Waals surface area contributed by atoms with E-state index in [4.69, 9.17) is 9.72 Å². The standard InChI is InChI=1S/C23H30N4O2/c1-16-24-14-17-10-12-23(20(17)25-16)11-5-13-27(15-23)21(28)22(2,3)26-18-6-8-19(29-4)9-7-18/h6-9,14,26H,5,10-13,15H2,1-4H3. The van der Waals surface area contributed by atoms with E-state index in [-0.39, 0.29) is 11.3 Å². The lowest BCUT2D eigenvalue weighted by atomic mass is 9.77. The summed E-state index contributed by atoms with van der Waals surface area (Å²) < 4.78 is 5.22. The number of ether oxygens (including phenoxy) is 1. The molecule has 1 aliphatic heterocycles. The average Bonchev–Trinajstić information content (AvgIpc) is 3.05. The number of benzene rings is 1. The number of hydrogen-bond acceptors (Lipinski definition) is 5. The molecule has 1 aliphatic carbocycles. The Kier molecular flexibility index (Phi) is 4.97. The van der Waals surface area contributed by atoms with E-state index < -0.39 is 5.54 Å². The van der Waals surface area contributed by atoms with Crippen LogP contribution in [0.5, 0.6) is 5.75 Å². The summed E-state index contributed by atoms with van der Waals surface area (Å²) in [6.07, 6.45) is 6.13. The zero-order valence-electron chi connectivity index (χ0n) is 17.8. The first-order valence-corrected chi connectivity index (χ1v) is 10.4. The summed E-state index contributed by atoms with van der Waals surface area (Å²) in [4.78, 5) is 24.7. The van der Waals surface area contributed by atoms with E-state index in [1.807, 2.05) is 56.1 Å². The van der Waals surface area contributed by atoms with E-state index in [1.165, 1.54) is 11.3 Å². The molecule has 1 N–H and O–H groups in total. The predicted octanol–water partition coefficient (Wildman–Crippen LogP) is 3.49. The summed E-state index contributed by atoms with van der Waals surface area (Å²) in [7, 11) is 1.65. The van der Waals surface area contributed by atoms with E-state index >= 15 is 0 Å². The molecule has 2 aliphatic rings. The quantitative estimate of drug-likeness (QED) is 0.860. The maximum absolute atomic E-state index is 13.5. The van der Waals surface area contributed by atoms with Gasteiger partial charge in [-0.05, 0) is 76.3 Å². The van der Waals surface area contributed by atoms with Crippen molar-refractivity contribution in [2.24, 2.45) is 0 Å². The molecule has 1 aromatic heterocycles. The SMILES string of the molecule is COc1ccc(NC(C)(C)C(=O)N2CCCC3(CCc4cnc(C)nc43)C2)cc1. The summed E-state index contributed by atoms with van der Waals surface area (Å²) in [6.45, 7) is 7.39. The molecule has 1 saturated heterocycles. The Hall–Kier alpha value is -2.63. The second kappa shape index (κ2) is 7.32. The lowest BCUT2D eigenvalue weighted by molar-refractivity contribution is -0.137. The van der Waals surface area contributed by atoms with Gasteiger partial charge < -0.3 is 15.0 Å². The summed E-state index contributed by atoms with van der Waals surface area (Å²) in [5, 5.41) is 3.40. The topological polar surface area (TPSA) is 67.3 Å². The molecule has 154 valence electrons. The van der Waals surface area contributed by atoms with Crippen molar-refractivity contribution in [3.8, 4) is 5.75 Å². The van der Waals surface area contributed by atoms with Crippen LogP contribution >= 0.6 is 0 Å². The van der Waals surface area contributed by atoms with Gasteiger partial charge in [0.05, 0.1) is 12.8 Å². The van der Waals surface area contributed by atoms with Crippen LogP contribution < -0.4 is 10.1 Å². The fourth-order valence-corrected chi connectivity index (χ4v) is 4.82. The Bertz CT molecular complexity index is 906. The van der Waals surface area contributed by atoms with E-state index in [0.717, 1.165) is 56.0 Å². The molecular weight excluding hydrogens is 364 g/mol. The number of anilines is 1. The number of piperidine rings is 1. The van der Waals surface area contributed by atoms with Crippen LogP contribution in [0.3, 0.4) is 0 Å². The molecular formula is C23H30N4O2. The summed E-state index contributed by atoms with van der Waals surface area (Å²) in [5.41, 5.74) is 2.61. The molecule has 29 heavy (non-hydrogen) atoms. The fourth-order valence-electron chi connectivity index (χ4n) is 4.82. The number of rotatable bonds is 4. The molecule has 0 saturated carbocycles. The van der Waals surface area contributed by atoms with Crippen molar-refractivity contribution in [3.63, 3.8) is 0 Å². The number of aryl methyl sites for hydroxylation is 2. The molecule has 0 radical (unpaired) electrons. The number of hydrogen-bond donors (Lipinski definition) is 1. The van der Waals surface area contributed by atoms with Crippen LogP contribution in [0.4, 0.5) is 5.69 Å². The first-order chi connectivity index (χ1) is 13.8. The predicted molar refractivity (Wildman–Crippen MR) is 113 cm³/mol. The van der Waals surface area contributed by atoms with Gasteiger partial charge in [0.2, 0.25) is 5.91 Å². The largest absolute Gasteiger partial charge is 0.497 e. The van der Waals surface area contributed by atoms with Crippen molar-refractivity contribution >= 4 is 11.6 Å². The van der Waals surface area contributed by atoms with Crippen molar-refractivity contribution < 1.29 is 9.53 Å². The lowest BCUT2D eigenvalue weighted by Gasteiger charge is -2.43. The minimum absolute atomic E-state index is 0.0207. The van der Waals surface area contributed by atoms with Gasteiger partial charge in [0.15, 0.2) is 0 Å². The Labute approximate surface area is 172 Å². The van der Waals surface area contributed by atoms with Crippen LogP contribution in [0.25, 0.3) is 0 Å². The summed E-state index contributed by atoms with van der Waals surface area (Å²) >= 11 is 0. The molecule has 6 nitrogen and oxygen atoms in total. The number of aromatic nitrogens is 2. The van der Waals surface area contributed by atoms with E-state index in [1.54, 1.807) is 7.11 Å². The maximum Gasteiger partial charge on any atom is 0.247 e. The van der Waals surface area contributed by atoms with Crippen LogP contribution in [0.1, 0.15) is 50.2 Å². The van der Waals surface area contributed by atoms with Gasteiger partial charge in [0.1, 0.15) is 17.1 Å². The van der Waals surface area contributed by atoms with Crippen molar-refractivity contribution in [1.82, 2.24) is 14.9 Å². The van der Waals surface area contributed by atoms with Crippen molar-refractivity contribution in [3.05, 3.63) is 47.5 Å². The Morgan fingerprint density at radius 1 is 1.24 bits per heavy atom. The van der Waals surface area contributed by atoms with E-state index in [9.17, 15) is 4.79 Å². The first-order valence-electron chi connectivity index (χ1n) is 10.4. The van der Waals surface area contributed by atoms with Gasteiger partial charge in [-0.2, -0.15) is 0 Å². The molecule has 1 spiro atoms. The zero-order valence-corrected chi connectivity index (χ0v) is 17.8. The Morgan fingerprint density at radius 3 is 2.72 bits per heavy atom.